The van der Waals surface area contributed by atoms with Gasteiger partial charge in [-0.2, -0.15) is 0 Å². The van der Waals surface area contributed by atoms with Crippen LogP contribution in [-0.2, 0) is 4.79 Å². The Morgan fingerprint density at radius 2 is 2.15 bits per heavy atom. The predicted molar refractivity (Wildman–Crippen MR) is 50.4 cm³/mol. The van der Waals surface area contributed by atoms with Crippen molar-refractivity contribution in [3.8, 4) is 0 Å². The molecule has 2 unspecified atom stereocenters. The fourth-order valence-electron chi connectivity index (χ4n) is 2.87. The van der Waals surface area contributed by atoms with Gasteiger partial charge in [-0.3, -0.25) is 4.79 Å². The third kappa shape index (κ3) is 1.72. The fraction of sp³-hybridized carbons (Fsp3) is 0.909. The third-order valence-electron chi connectivity index (χ3n) is 3.90. The van der Waals surface area contributed by atoms with Crippen molar-refractivity contribution < 1.29 is 9.90 Å². The van der Waals surface area contributed by atoms with Gasteiger partial charge in [0.15, 0.2) is 0 Å². The van der Waals surface area contributed by atoms with Crippen molar-refractivity contribution in [3.05, 3.63) is 0 Å². The molecule has 0 bridgehead atoms. The van der Waals surface area contributed by atoms with Gasteiger partial charge in [-0.05, 0) is 43.4 Å². The van der Waals surface area contributed by atoms with Crippen molar-refractivity contribution in [1.29, 1.82) is 0 Å². The quantitative estimate of drug-likeness (QED) is 0.713. The molecule has 2 aliphatic carbocycles. The zero-order valence-electron chi connectivity index (χ0n) is 8.25. The molecule has 1 N–H and O–H groups in total. The van der Waals surface area contributed by atoms with Gasteiger partial charge in [0.05, 0.1) is 5.92 Å². The van der Waals surface area contributed by atoms with Gasteiger partial charge in [0, 0.05) is 0 Å². The number of carbonyl (C=O) groups is 1. The first kappa shape index (κ1) is 9.04. The smallest absolute Gasteiger partial charge is 0.306 e. The van der Waals surface area contributed by atoms with E-state index in [2.05, 4.69) is 6.92 Å². The summed E-state index contributed by atoms with van der Waals surface area (Å²) in [6.45, 7) is 2.19. The van der Waals surface area contributed by atoms with E-state index in [1.807, 2.05) is 0 Å². The van der Waals surface area contributed by atoms with Crippen molar-refractivity contribution in [2.75, 3.05) is 0 Å². The largest absolute Gasteiger partial charge is 0.481 e. The molecule has 0 radical (unpaired) electrons. The highest BCUT2D eigenvalue weighted by molar-refractivity contribution is 5.70. The predicted octanol–water partition coefficient (Wildman–Crippen LogP) is 2.68. The summed E-state index contributed by atoms with van der Waals surface area (Å²) in [6.07, 6.45) is 6.91. The fourth-order valence-corrected chi connectivity index (χ4v) is 2.87. The molecule has 0 saturated heterocycles. The number of aliphatic carboxylic acids is 1. The van der Waals surface area contributed by atoms with Gasteiger partial charge in [0.25, 0.3) is 0 Å². The van der Waals surface area contributed by atoms with E-state index in [0.717, 1.165) is 19.3 Å². The summed E-state index contributed by atoms with van der Waals surface area (Å²) in [5.41, 5.74) is 0.474. The van der Waals surface area contributed by atoms with Crippen LogP contribution in [0.25, 0.3) is 0 Å². The Hall–Kier alpha value is -0.530. The van der Waals surface area contributed by atoms with Crippen LogP contribution in [0.4, 0.5) is 0 Å². The summed E-state index contributed by atoms with van der Waals surface area (Å²) >= 11 is 0. The van der Waals surface area contributed by atoms with Gasteiger partial charge in [-0.25, -0.2) is 0 Å². The van der Waals surface area contributed by atoms with Crippen LogP contribution in [0.5, 0.6) is 0 Å². The van der Waals surface area contributed by atoms with Crippen molar-refractivity contribution >= 4 is 5.97 Å². The molecule has 13 heavy (non-hydrogen) atoms. The minimum atomic E-state index is -0.565. The molecule has 0 amide bonds. The van der Waals surface area contributed by atoms with E-state index in [9.17, 15) is 4.79 Å². The van der Waals surface area contributed by atoms with Crippen molar-refractivity contribution in [2.45, 2.75) is 45.4 Å². The van der Waals surface area contributed by atoms with Gasteiger partial charge in [0.2, 0.25) is 0 Å². The molecule has 2 fully saturated rings. The molecule has 2 rings (SSSR count). The van der Waals surface area contributed by atoms with E-state index < -0.39 is 5.97 Å². The Morgan fingerprint density at radius 3 is 2.62 bits per heavy atom. The lowest BCUT2D eigenvalue weighted by atomic mass is 9.72. The lowest BCUT2D eigenvalue weighted by molar-refractivity contribution is -0.144. The SMILES string of the molecule is CCC1CC(C(=O)O)CC2(CC2)C1. The number of hydrogen-bond acceptors (Lipinski definition) is 1. The normalized spacial score (nSPS) is 36.1. The van der Waals surface area contributed by atoms with Gasteiger partial charge in [-0.1, -0.05) is 13.3 Å². The Kier molecular flexibility index (Phi) is 2.09. The second-order valence-electron chi connectivity index (χ2n) is 4.95. The molecular weight excluding hydrogens is 164 g/mol. The summed E-state index contributed by atoms with van der Waals surface area (Å²) < 4.78 is 0. The van der Waals surface area contributed by atoms with Crippen LogP contribution in [0.15, 0.2) is 0 Å². The maximum Gasteiger partial charge on any atom is 0.306 e. The average molecular weight is 182 g/mol. The number of carboxylic acids is 1. The molecule has 0 aliphatic heterocycles. The number of hydrogen-bond donors (Lipinski definition) is 1. The second kappa shape index (κ2) is 3.00. The van der Waals surface area contributed by atoms with E-state index in [1.165, 1.54) is 19.3 Å². The lowest BCUT2D eigenvalue weighted by Crippen LogP contribution is -2.28. The van der Waals surface area contributed by atoms with Crippen molar-refractivity contribution in [3.63, 3.8) is 0 Å². The third-order valence-corrected chi connectivity index (χ3v) is 3.90. The minimum Gasteiger partial charge on any atom is -0.481 e. The van der Waals surface area contributed by atoms with Crippen molar-refractivity contribution in [2.24, 2.45) is 17.3 Å². The Labute approximate surface area is 79.3 Å². The Morgan fingerprint density at radius 1 is 1.46 bits per heavy atom. The highest BCUT2D eigenvalue weighted by atomic mass is 16.4. The van der Waals surface area contributed by atoms with Gasteiger partial charge >= 0.3 is 5.97 Å². The molecule has 0 aromatic rings. The molecule has 2 atom stereocenters. The van der Waals surface area contributed by atoms with Crippen LogP contribution >= 0.6 is 0 Å². The lowest BCUT2D eigenvalue weighted by Gasteiger charge is -2.32. The van der Waals surface area contributed by atoms with Crippen LogP contribution in [0.3, 0.4) is 0 Å². The molecular formula is C11H18O2. The monoisotopic (exact) mass is 182 g/mol. The topological polar surface area (TPSA) is 37.3 Å². The average Bonchev–Trinajstić information content (AvgIpc) is 2.83. The molecule has 1 spiro atoms. The Bertz CT molecular complexity index is 218. The first-order valence-electron chi connectivity index (χ1n) is 5.38. The van der Waals surface area contributed by atoms with E-state index >= 15 is 0 Å². The molecule has 2 nitrogen and oxygen atoms in total. The van der Waals surface area contributed by atoms with Gasteiger partial charge in [0.1, 0.15) is 0 Å². The maximum atomic E-state index is 10.9. The van der Waals surface area contributed by atoms with E-state index in [0.29, 0.717) is 11.3 Å². The van der Waals surface area contributed by atoms with E-state index in [1.54, 1.807) is 0 Å². The zero-order chi connectivity index (χ0) is 9.47. The highest BCUT2D eigenvalue weighted by Gasteiger charge is 2.49. The van der Waals surface area contributed by atoms with E-state index in [-0.39, 0.29) is 5.92 Å². The van der Waals surface area contributed by atoms with E-state index in [4.69, 9.17) is 5.11 Å². The number of rotatable bonds is 2. The van der Waals surface area contributed by atoms with Crippen LogP contribution in [0, 0.1) is 17.3 Å². The molecule has 2 saturated carbocycles. The maximum absolute atomic E-state index is 10.9. The minimum absolute atomic E-state index is 0.0406. The first-order valence-corrected chi connectivity index (χ1v) is 5.38. The summed E-state index contributed by atoms with van der Waals surface area (Å²) in [5.74, 6) is 0.0722. The second-order valence-corrected chi connectivity index (χ2v) is 4.95. The zero-order valence-corrected chi connectivity index (χ0v) is 8.25. The molecule has 74 valence electrons. The standard InChI is InChI=1S/C11H18O2/c1-2-8-5-9(10(12)13)7-11(6-8)3-4-11/h8-9H,2-7H2,1H3,(H,12,13). The Balaban J connectivity index is 2.03. The van der Waals surface area contributed by atoms with Crippen LogP contribution in [0.1, 0.15) is 45.4 Å². The summed E-state index contributed by atoms with van der Waals surface area (Å²) in [7, 11) is 0. The summed E-state index contributed by atoms with van der Waals surface area (Å²) in [6, 6.07) is 0. The van der Waals surface area contributed by atoms with Crippen LogP contribution in [0.2, 0.25) is 0 Å². The molecule has 0 heterocycles. The molecule has 2 aliphatic rings. The summed E-state index contributed by atoms with van der Waals surface area (Å²) in [4.78, 5) is 10.9. The highest BCUT2D eigenvalue weighted by Crippen LogP contribution is 2.59. The van der Waals surface area contributed by atoms with Crippen LogP contribution < -0.4 is 0 Å². The molecule has 0 aromatic heterocycles. The summed E-state index contributed by atoms with van der Waals surface area (Å²) in [5, 5.41) is 9.01. The van der Waals surface area contributed by atoms with Crippen LogP contribution in [-0.4, -0.2) is 11.1 Å². The molecule has 2 heteroatoms. The molecule has 0 aromatic carbocycles. The van der Waals surface area contributed by atoms with Gasteiger partial charge < -0.3 is 5.11 Å². The first-order chi connectivity index (χ1) is 6.15. The van der Waals surface area contributed by atoms with Gasteiger partial charge in [-0.15, -0.1) is 0 Å². The number of carboxylic acid groups (broad SMARTS) is 1. The van der Waals surface area contributed by atoms with Crippen molar-refractivity contribution in [1.82, 2.24) is 0 Å².